The SMILES string of the molecule is CC(C)(C)c1ccc2c(c1)Cc1[c-]c(C(C)(C)C)c(C3C=CC=C3)cc1-2.C[C](C)=[Hf+2].[Cl-].[Cl-]. The average molecular weight is 633 g/mol. The second-order valence-electron chi connectivity index (χ2n) is 10.8. The maximum Gasteiger partial charge on any atom is -1.00 e. The van der Waals surface area contributed by atoms with E-state index in [4.69, 9.17) is 0 Å². The minimum absolute atomic E-state index is 0. The maximum atomic E-state index is 3.85. The molecule has 0 spiro atoms. The van der Waals surface area contributed by atoms with E-state index in [-0.39, 0.29) is 35.6 Å². The van der Waals surface area contributed by atoms with E-state index in [0.717, 1.165) is 6.42 Å². The van der Waals surface area contributed by atoms with Crippen molar-refractivity contribution in [1.29, 1.82) is 0 Å². The summed E-state index contributed by atoms with van der Waals surface area (Å²) < 4.78 is 1.56. The molecular weight excluding hydrogens is 598 g/mol. The molecule has 0 amide bonds. The molecule has 0 unspecified atom stereocenters. The zero-order chi connectivity index (χ0) is 22.3. The van der Waals surface area contributed by atoms with Crippen LogP contribution in [0, 0.1) is 6.07 Å². The van der Waals surface area contributed by atoms with E-state index in [9.17, 15) is 0 Å². The quantitative estimate of drug-likeness (QED) is 0.283. The van der Waals surface area contributed by atoms with Crippen molar-refractivity contribution in [2.75, 3.05) is 0 Å². The number of hydrogen-bond acceptors (Lipinski definition) is 0. The van der Waals surface area contributed by atoms with Crippen LogP contribution in [0.25, 0.3) is 11.1 Å². The molecule has 170 valence electrons. The molecule has 0 saturated carbocycles. The third-order valence-electron chi connectivity index (χ3n) is 5.68. The second-order valence-corrected chi connectivity index (χ2v) is 14.4. The first-order valence-electron chi connectivity index (χ1n) is 11.0. The van der Waals surface area contributed by atoms with Gasteiger partial charge in [-0.2, -0.15) is 17.7 Å². The fraction of sp³-hybridized carbons (Fsp3) is 0.414. The normalized spacial score (nSPS) is 14.1. The van der Waals surface area contributed by atoms with Gasteiger partial charge in [0.1, 0.15) is 0 Å². The Kier molecular flexibility index (Phi) is 10.2. The van der Waals surface area contributed by atoms with Crippen molar-refractivity contribution in [3.63, 3.8) is 0 Å². The van der Waals surface area contributed by atoms with Gasteiger partial charge in [-0.3, -0.25) is 0 Å². The van der Waals surface area contributed by atoms with E-state index in [1.54, 1.807) is 3.26 Å². The third-order valence-corrected chi connectivity index (χ3v) is 5.68. The van der Waals surface area contributed by atoms with E-state index < -0.39 is 0 Å². The summed E-state index contributed by atoms with van der Waals surface area (Å²) in [7, 11) is 0. The first kappa shape index (κ1) is 29.3. The standard InChI is InChI=1S/C26H29.C3H6.2ClH.Hf/c1-25(2,3)20-11-12-21-18(14-20)13-19-15-24(26(4,5)6)23(16-22(19)21)17-9-7-8-10-17;1-3-2;;;/h7-12,14,16-17H,13H2,1-6H3;1-2H3;2*1H;/q-1;;;;+2/p-2. The molecule has 2 aliphatic rings. The summed E-state index contributed by atoms with van der Waals surface area (Å²) in [5.74, 6) is 0.378. The van der Waals surface area contributed by atoms with Gasteiger partial charge in [-0.15, -0.1) is 16.7 Å². The van der Waals surface area contributed by atoms with Crippen LogP contribution >= 0.6 is 0 Å². The molecule has 0 aliphatic heterocycles. The second kappa shape index (κ2) is 11.1. The predicted molar refractivity (Wildman–Crippen MR) is 128 cm³/mol. The Morgan fingerprint density at radius 1 is 0.875 bits per heavy atom. The van der Waals surface area contributed by atoms with Gasteiger partial charge >= 0.3 is 41.0 Å². The fourth-order valence-corrected chi connectivity index (χ4v) is 4.17. The summed E-state index contributed by atoms with van der Waals surface area (Å²) in [4.78, 5) is 0. The molecule has 0 aromatic heterocycles. The summed E-state index contributed by atoms with van der Waals surface area (Å²) in [6, 6.07) is 13.3. The molecule has 2 aromatic carbocycles. The Bertz CT molecular complexity index is 1010. The first-order valence-corrected chi connectivity index (χ1v) is 12.8. The van der Waals surface area contributed by atoms with Crippen LogP contribution in [-0.2, 0) is 41.1 Å². The molecule has 32 heavy (non-hydrogen) atoms. The Balaban J connectivity index is 0.000000790. The summed E-state index contributed by atoms with van der Waals surface area (Å²) in [5.41, 5.74) is 10.1. The van der Waals surface area contributed by atoms with Crippen LogP contribution in [0.4, 0.5) is 0 Å². The van der Waals surface area contributed by atoms with E-state index >= 15 is 0 Å². The van der Waals surface area contributed by atoms with E-state index in [1.807, 2.05) is 0 Å². The van der Waals surface area contributed by atoms with Crippen LogP contribution < -0.4 is 24.8 Å². The van der Waals surface area contributed by atoms with E-state index in [0.29, 0.717) is 5.92 Å². The number of hydrogen-bond donors (Lipinski definition) is 0. The Hall–Kier alpha value is -0.760. The van der Waals surface area contributed by atoms with Crippen LogP contribution in [0.2, 0.25) is 0 Å². The van der Waals surface area contributed by atoms with Crippen molar-refractivity contribution in [3.05, 3.63) is 82.5 Å². The number of rotatable bonds is 1. The van der Waals surface area contributed by atoms with Gasteiger partial charge in [0.2, 0.25) is 0 Å². The molecule has 0 N–H and O–H groups in total. The Labute approximate surface area is 222 Å². The maximum absolute atomic E-state index is 3.85. The third kappa shape index (κ3) is 6.64. The van der Waals surface area contributed by atoms with Gasteiger partial charge in [-0.05, 0) is 34.3 Å². The van der Waals surface area contributed by atoms with Gasteiger partial charge in [0.25, 0.3) is 0 Å². The van der Waals surface area contributed by atoms with Crippen molar-refractivity contribution in [3.8, 4) is 11.1 Å². The summed E-state index contributed by atoms with van der Waals surface area (Å²) >= 11 is 1.27. The van der Waals surface area contributed by atoms with Crippen LogP contribution in [0.15, 0.2) is 48.6 Å². The molecule has 0 heterocycles. The molecule has 0 fully saturated rings. The molecule has 3 heteroatoms. The molecule has 0 atom stereocenters. The van der Waals surface area contributed by atoms with Crippen LogP contribution in [-0.4, -0.2) is 3.26 Å². The zero-order valence-corrected chi connectivity index (χ0v) is 25.8. The van der Waals surface area contributed by atoms with Gasteiger partial charge in [-0.25, -0.2) is 0 Å². The van der Waals surface area contributed by atoms with E-state index in [1.165, 1.54) is 62.8 Å². The Morgan fingerprint density at radius 3 is 1.94 bits per heavy atom. The van der Waals surface area contributed by atoms with Gasteiger partial charge in [0.15, 0.2) is 0 Å². The number of benzene rings is 2. The molecule has 0 bridgehead atoms. The molecule has 0 radical (unpaired) electrons. The Morgan fingerprint density at radius 2 is 1.44 bits per heavy atom. The van der Waals surface area contributed by atoms with Gasteiger partial charge in [-0.1, -0.05) is 89.6 Å². The number of allylic oxidation sites excluding steroid dienone is 4. The smallest absolute Gasteiger partial charge is 1.00 e. The van der Waals surface area contributed by atoms with Crippen LogP contribution in [0.3, 0.4) is 0 Å². The minimum atomic E-state index is 0. The fourth-order valence-electron chi connectivity index (χ4n) is 4.17. The van der Waals surface area contributed by atoms with Crippen LogP contribution in [0.1, 0.15) is 89.1 Å². The van der Waals surface area contributed by atoms with Gasteiger partial charge in [0.05, 0.1) is 0 Å². The van der Waals surface area contributed by atoms with Gasteiger partial charge in [0, 0.05) is 0 Å². The van der Waals surface area contributed by atoms with Crippen molar-refractivity contribution in [1.82, 2.24) is 0 Å². The van der Waals surface area contributed by atoms with Crippen molar-refractivity contribution >= 4 is 3.26 Å². The topological polar surface area (TPSA) is 0 Å². The van der Waals surface area contributed by atoms with Crippen molar-refractivity contribution in [2.45, 2.75) is 78.6 Å². The number of halogens is 2. The monoisotopic (exact) mass is 633 g/mol. The largest absolute Gasteiger partial charge is 1.00 e. The van der Waals surface area contributed by atoms with Crippen molar-refractivity contribution < 1.29 is 48.7 Å². The summed E-state index contributed by atoms with van der Waals surface area (Å²) in [6.45, 7) is 18.1. The predicted octanol–water partition coefficient (Wildman–Crippen LogP) is 1.62. The summed E-state index contributed by atoms with van der Waals surface area (Å²) in [6.07, 6.45) is 9.92. The molecule has 2 aromatic rings. The molecule has 0 saturated heterocycles. The number of fused-ring (bicyclic) bond motifs is 3. The first-order chi connectivity index (χ1) is 13.9. The zero-order valence-electron chi connectivity index (χ0n) is 20.7. The van der Waals surface area contributed by atoms with E-state index in [2.05, 4.69) is 110 Å². The van der Waals surface area contributed by atoms with Crippen molar-refractivity contribution in [2.24, 2.45) is 0 Å². The minimum Gasteiger partial charge on any atom is -1.00 e. The summed E-state index contributed by atoms with van der Waals surface area (Å²) in [5, 5.41) is 0. The molecule has 4 rings (SSSR count). The molecule has 0 nitrogen and oxygen atoms in total. The molecular formula is C29H35Cl2Hf-. The molecule has 2 aliphatic carbocycles. The van der Waals surface area contributed by atoms with Gasteiger partial charge < -0.3 is 24.8 Å². The van der Waals surface area contributed by atoms with Crippen LogP contribution in [0.5, 0.6) is 0 Å². The average Bonchev–Trinajstić information content (AvgIpc) is 3.25.